The van der Waals surface area contributed by atoms with Gasteiger partial charge in [0.15, 0.2) is 0 Å². The lowest BCUT2D eigenvalue weighted by molar-refractivity contribution is 0.0697. The minimum atomic E-state index is -0.991. The fourth-order valence-electron chi connectivity index (χ4n) is 5.10. The first-order valence-corrected chi connectivity index (χ1v) is 13.5. The molecule has 0 radical (unpaired) electrons. The van der Waals surface area contributed by atoms with Crippen molar-refractivity contribution in [1.29, 1.82) is 5.26 Å². The van der Waals surface area contributed by atoms with Gasteiger partial charge >= 0.3 is 5.97 Å². The van der Waals surface area contributed by atoms with Crippen molar-refractivity contribution < 1.29 is 23.4 Å². The first-order valence-electron chi connectivity index (χ1n) is 13.5. The van der Waals surface area contributed by atoms with Crippen LogP contribution in [-0.4, -0.2) is 56.7 Å². The zero-order valence-electron chi connectivity index (χ0n) is 22.6. The summed E-state index contributed by atoms with van der Waals surface area (Å²) >= 11 is 0. The molecule has 0 atom stereocenters. The second-order valence-electron chi connectivity index (χ2n) is 10.0. The molecule has 11 heteroatoms. The number of benzene rings is 3. The van der Waals surface area contributed by atoms with Gasteiger partial charge in [-0.1, -0.05) is 12.1 Å². The standard InChI is InChI=1S/C31H27FN6O4/c32-26-14-21(17-33)4-5-23(26)20-42-25-3-1-2-24(16-25)37-11-9-36(10-12-37)18-29-35-27-7-6-22(31(39)40)15-28(27)38(29)19-30-34-8-13-41-30/h1-8,13-16H,9-12,18-20H2,(H,39,40). The van der Waals surface area contributed by atoms with E-state index in [1.54, 1.807) is 36.5 Å². The molecule has 1 N–H and O–H groups in total. The molecule has 10 nitrogen and oxygen atoms in total. The number of piperazine rings is 1. The third-order valence-corrected chi connectivity index (χ3v) is 7.35. The number of fused-ring (bicyclic) bond motifs is 1. The highest BCUT2D eigenvalue weighted by molar-refractivity contribution is 5.92. The van der Waals surface area contributed by atoms with E-state index < -0.39 is 11.8 Å². The van der Waals surface area contributed by atoms with E-state index in [1.807, 2.05) is 34.9 Å². The number of hydrogen-bond donors (Lipinski definition) is 1. The van der Waals surface area contributed by atoms with E-state index in [4.69, 9.17) is 19.4 Å². The van der Waals surface area contributed by atoms with Crippen LogP contribution in [0, 0.1) is 17.1 Å². The number of carboxylic acids is 1. The fraction of sp³-hybridized carbons (Fsp3) is 0.226. The second-order valence-corrected chi connectivity index (χ2v) is 10.0. The third-order valence-electron chi connectivity index (χ3n) is 7.35. The molecule has 3 heterocycles. The third kappa shape index (κ3) is 5.80. The van der Waals surface area contributed by atoms with Gasteiger partial charge in [-0.3, -0.25) is 4.90 Å². The van der Waals surface area contributed by atoms with Gasteiger partial charge in [0.05, 0.1) is 41.0 Å². The molecule has 0 saturated carbocycles. The van der Waals surface area contributed by atoms with Crippen molar-refractivity contribution in [2.75, 3.05) is 31.1 Å². The van der Waals surface area contributed by atoms with Gasteiger partial charge in [-0.15, -0.1) is 0 Å². The van der Waals surface area contributed by atoms with Gasteiger partial charge in [-0.25, -0.2) is 19.2 Å². The van der Waals surface area contributed by atoms with Crippen molar-refractivity contribution in [2.45, 2.75) is 19.7 Å². The Kier molecular flexibility index (Phi) is 7.53. The molecule has 0 unspecified atom stereocenters. The Hall–Kier alpha value is -5.21. The van der Waals surface area contributed by atoms with E-state index in [2.05, 4.69) is 14.8 Å². The molecule has 2 aromatic heterocycles. The molecule has 6 rings (SSSR count). The summed E-state index contributed by atoms with van der Waals surface area (Å²) in [6.07, 6.45) is 3.10. The minimum absolute atomic E-state index is 0.0667. The normalized spacial score (nSPS) is 13.8. The lowest BCUT2D eigenvalue weighted by Gasteiger charge is -2.36. The van der Waals surface area contributed by atoms with Crippen molar-refractivity contribution in [3.63, 3.8) is 0 Å². The number of nitriles is 1. The fourth-order valence-corrected chi connectivity index (χ4v) is 5.10. The SMILES string of the molecule is N#Cc1ccc(COc2cccc(N3CCN(Cc4nc5ccc(C(=O)O)cc5n4Cc4ncco4)CC3)c2)c(F)c1. The number of carbonyl (C=O) groups is 1. The highest BCUT2D eigenvalue weighted by atomic mass is 19.1. The molecule has 1 aliphatic heterocycles. The van der Waals surface area contributed by atoms with Crippen LogP contribution in [-0.2, 0) is 19.7 Å². The lowest BCUT2D eigenvalue weighted by atomic mass is 10.1. The summed E-state index contributed by atoms with van der Waals surface area (Å²) in [5.74, 6) is 0.515. The highest BCUT2D eigenvalue weighted by Gasteiger charge is 2.22. The van der Waals surface area contributed by atoms with Crippen LogP contribution in [0.2, 0.25) is 0 Å². The van der Waals surface area contributed by atoms with Crippen LogP contribution >= 0.6 is 0 Å². The van der Waals surface area contributed by atoms with Crippen LogP contribution in [0.25, 0.3) is 11.0 Å². The van der Waals surface area contributed by atoms with E-state index in [9.17, 15) is 14.3 Å². The van der Waals surface area contributed by atoms with Gasteiger partial charge in [0.1, 0.15) is 36.8 Å². The maximum Gasteiger partial charge on any atom is 0.335 e. The smallest absolute Gasteiger partial charge is 0.335 e. The van der Waals surface area contributed by atoms with E-state index >= 15 is 0 Å². The number of carboxylic acid groups (broad SMARTS) is 1. The predicted molar refractivity (Wildman–Crippen MR) is 152 cm³/mol. The number of halogens is 1. The molecule has 0 aliphatic carbocycles. The van der Waals surface area contributed by atoms with Gasteiger partial charge in [-0.2, -0.15) is 5.26 Å². The van der Waals surface area contributed by atoms with E-state index in [1.165, 1.54) is 12.3 Å². The number of aromatic carboxylic acids is 1. The van der Waals surface area contributed by atoms with E-state index in [0.29, 0.717) is 30.3 Å². The summed E-state index contributed by atoms with van der Waals surface area (Å²) in [6.45, 7) is 4.17. The molecule has 0 amide bonds. The Balaban J connectivity index is 1.12. The quantitative estimate of drug-likeness (QED) is 0.271. The van der Waals surface area contributed by atoms with Crippen LogP contribution < -0.4 is 9.64 Å². The van der Waals surface area contributed by atoms with Gasteiger partial charge in [0.2, 0.25) is 5.89 Å². The maximum absolute atomic E-state index is 14.3. The number of aromatic nitrogens is 3. The number of rotatable bonds is 9. The van der Waals surface area contributed by atoms with Crippen LogP contribution in [0.15, 0.2) is 77.5 Å². The van der Waals surface area contributed by atoms with Crippen LogP contribution in [0.5, 0.6) is 5.75 Å². The monoisotopic (exact) mass is 566 g/mol. The number of ether oxygens (including phenoxy) is 1. The lowest BCUT2D eigenvalue weighted by Crippen LogP contribution is -2.46. The Morgan fingerprint density at radius 3 is 2.67 bits per heavy atom. The highest BCUT2D eigenvalue weighted by Crippen LogP contribution is 2.25. The largest absolute Gasteiger partial charge is 0.489 e. The Morgan fingerprint density at radius 2 is 1.93 bits per heavy atom. The van der Waals surface area contributed by atoms with Gasteiger partial charge in [-0.05, 0) is 42.5 Å². The number of nitrogens with zero attached hydrogens (tertiary/aromatic N) is 6. The molecule has 1 aliphatic rings. The Bertz CT molecular complexity index is 1770. The molecule has 3 aromatic carbocycles. The van der Waals surface area contributed by atoms with Crippen molar-refractivity contribution >= 4 is 22.7 Å². The van der Waals surface area contributed by atoms with Crippen molar-refractivity contribution in [3.8, 4) is 11.8 Å². The minimum Gasteiger partial charge on any atom is -0.489 e. The average Bonchev–Trinajstić information content (AvgIpc) is 3.65. The topological polar surface area (TPSA) is 121 Å². The molecule has 0 spiro atoms. The van der Waals surface area contributed by atoms with E-state index in [0.717, 1.165) is 48.7 Å². The van der Waals surface area contributed by atoms with Crippen molar-refractivity contribution in [3.05, 3.63) is 107 Å². The first kappa shape index (κ1) is 27.0. The summed E-state index contributed by atoms with van der Waals surface area (Å²) in [7, 11) is 0. The summed E-state index contributed by atoms with van der Waals surface area (Å²) in [6, 6.07) is 19.0. The molecule has 1 fully saturated rings. The molecular weight excluding hydrogens is 539 g/mol. The van der Waals surface area contributed by atoms with Gasteiger partial charge in [0, 0.05) is 43.5 Å². The average molecular weight is 567 g/mol. The Morgan fingerprint density at radius 1 is 1.07 bits per heavy atom. The van der Waals surface area contributed by atoms with Crippen LogP contribution in [0.1, 0.15) is 33.2 Å². The predicted octanol–water partition coefficient (Wildman–Crippen LogP) is 4.68. The molecule has 212 valence electrons. The number of anilines is 1. The van der Waals surface area contributed by atoms with Crippen molar-refractivity contribution in [1.82, 2.24) is 19.4 Å². The molecule has 1 saturated heterocycles. The number of imidazole rings is 1. The molecule has 5 aromatic rings. The Labute approximate surface area is 240 Å². The van der Waals surface area contributed by atoms with Gasteiger partial charge < -0.3 is 23.7 Å². The number of oxazole rings is 1. The summed E-state index contributed by atoms with van der Waals surface area (Å²) in [5, 5.41) is 18.4. The van der Waals surface area contributed by atoms with Crippen LogP contribution in [0.3, 0.4) is 0 Å². The zero-order chi connectivity index (χ0) is 29.1. The summed E-state index contributed by atoms with van der Waals surface area (Å²) in [4.78, 5) is 25.3. The summed E-state index contributed by atoms with van der Waals surface area (Å²) in [5.41, 5.74) is 3.32. The maximum atomic E-state index is 14.3. The van der Waals surface area contributed by atoms with Crippen molar-refractivity contribution in [2.24, 2.45) is 0 Å². The van der Waals surface area contributed by atoms with Gasteiger partial charge in [0.25, 0.3) is 0 Å². The second kappa shape index (κ2) is 11.7. The molecule has 0 bridgehead atoms. The zero-order valence-corrected chi connectivity index (χ0v) is 22.6. The first-order chi connectivity index (χ1) is 20.5. The van der Waals surface area contributed by atoms with E-state index in [-0.39, 0.29) is 17.7 Å². The molecular formula is C31H27FN6O4. The molecule has 42 heavy (non-hydrogen) atoms. The summed E-state index contributed by atoms with van der Waals surface area (Å²) < 4.78 is 27.6. The number of hydrogen-bond acceptors (Lipinski definition) is 8. The van der Waals surface area contributed by atoms with Crippen LogP contribution in [0.4, 0.5) is 10.1 Å².